The highest BCUT2D eigenvalue weighted by molar-refractivity contribution is 6.20. The number of aromatic nitrogens is 2. The smallest absolute Gasteiger partial charge is 0.221 e. The van der Waals surface area contributed by atoms with Gasteiger partial charge in [-0.3, -0.25) is 4.79 Å². The molecular weight excluding hydrogens is 288 g/mol. The van der Waals surface area contributed by atoms with Gasteiger partial charge in [0, 0.05) is 20.0 Å². The van der Waals surface area contributed by atoms with Crippen molar-refractivity contribution in [2.75, 3.05) is 7.05 Å². The van der Waals surface area contributed by atoms with E-state index < -0.39 is 17.0 Å². The number of halogens is 3. The summed E-state index contributed by atoms with van der Waals surface area (Å²) in [6.45, 7) is 1.87. The fourth-order valence-corrected chi connectivity index (χ4v) is 2.21. The molecule has 108 valence electrons. The summed E-state index contributed by atoms with van der Waals surface area (Å²) in [5, 5.41) is 2.00. The minimum atomic E-state index is -0.976. The number of nitrogens with zero attached hydrogens (tertiary/aromatic N) is 2. The third-order valence-electron chi connectivity index (χ3n) is 3.03. The average Bonchev–Trinajstić information content (AvgIpc) is 2.79. The van der Waals surface area contributed by atoms with Gasteiger partial charge in [0.2, 0.25) is 5.91 Å². The molecule has 1 N–H and O–H groups in total. The molecule has 0 spiro atoms. The average molecular weight is 302 g/mol. The second-order valence-corrected chi connectivity index (χ2v) is 5.04. The van der Waals surface area contributed by atoms with Gasteiger partial charge in [0.05, 0.1) is 10.9 Å². The van der Waals surface area contributed by atoms with E-state index in [0.29, 0.717) is 11.3 Å². The first-order valence-electron chi connectivity index (χ1n) is 6.14. The van der Waals surface area contributed by atoms with Crippen molar-refractivity contribution < 1.29 is 13.6 Å². The van der Waals surface area contributed by atoms with Crippen LogP contribution in [0.15, 0.2) is 12.1 Å². The number of hydrogen-bond donors (Lipinski definition) is 1. The highest BCUT2D eigenvalue weighted by atomic mass is 35.5. The zero-order chi connectivity index (χ0) is 14.9. The monoisotopic (exact) mass is 301 g/mol. The minimum Gasteiger partial charge on any atom is -0.359 e. The van der Waals surface area contributed by atoms with Crippen molar-refractivity contribution in [1.29, 1.82) is 0 Å². The summed E-state index contributed by atoms with van der Waals surface area (Å²) < 4.78 is 28.8. The Morgan fingerprint density at radius 1 is 1.50 bits per heavy atom. The molecular formula is C13H14ClF2N3O. The Morgan fingerprint density at radius 2 is 2.20 bits per heavy atom. The highest BCUT2D eigenvalue weighted by Crippen LogP contribution is 2.27. The van der Waals surface area contributed by atoms with Crippen LogP contribution in [0.1, 0.15) is 24.5 Å². The molecule has 0 saturated heterocycles. The van der Waals surface area contributed by atoms with Crippen molar-refractivity contribution in [1.82, 2.24) is 14.9 Å². The number of alkyl halides is 1. The summed E-state index contributed by atoms with van der Waals surface area (Å²) in [5.74, 6) is -1.71. The van der Waals surface area contributed by atoms with Crippen LogP contribution < -0.4 is 5.32 Å². The molecule has 1 aromatic carbocycles. The molecule has 0 aliphatic rings. The Bertz CT molecular complexity index is 655. The summed E-state index contributed by atoms with van der Waals surface area (Å²) in [6.07, 6.45) is 0.133. The van der Waals surface area contributed by atoms with Crippen LogP contribution in [0.2, 0.25) is 0 Å². The molecule has 1 atom stereocenters. The summed E-state index contributed by atoms with van der Waals surface area (Å²) >= 11 is 6.02. The minimum absolute atomic E-state index is 0.0383. The van der Waals surface area contributed by atoms with Gasteiger partial charge in [-0.15, -0.1) is 11.6 Å². The second-order valence-electron chi connectivity index (χ2n) is 4.39. The fourth-order valence-electron chi connectivity index (χ4n) is 2.04. The Labute approximate surface area is 119 Å². The maximum Gasteiger partial charge on any atom is 0.221 e. The molecule has 0 aliphatic carbocycles. The Balaban J connectivity index is 2.55. The van der Waals surface area contributed by atoms with E-state index in [-0.39, 0.29) is 24.4 Å². The van der Waals surface area contributed by atoms with Crippen LogP contribution in [0.25, 0.3) is 11.0 Å². The van der Waals surface area contributed by atoms with Crippen LogP contribution in [0.3, 0.4) is 0 Å². The van der Waals surface area contributed by atoms with E-state index in [1.165, 1.54) is 17.7 Å². The molecule has 2 aromatic rings. The lowest BCUT2D eigenvalue weighted by Gasteiger charge is -2.10. The van der Waals surface area contributed by atoms with Gasteiger partial charge in [0.25, 0.3) is 0 Å². The SMILES string of the molecule is CNC(=O)CCn1c(C(C)Cl)nc2ccc(F)c(F)c21. The Kier molecular flexibility index (Phi) is 4.23. The van der Waals surface area contributed by atoms with Crippen LogP contribution >= 0.6 is 11.6 Å². The number of carbonyl (C=O) groups excluding carboxylic acids is 1. The number of fused-ring (bicyclic) bond motifs is 1. The number of imidazole rings is 1. The number of benzene rings is 1. The van der Waals surface area contributed by atoms with Crippen molar-refractivity contribution >= 4 is 28.5 Å². The summed E-state index contributed by atoms with van der Waals surface area (Å²) in [6, 6.07) is 2.42. The van der Waals surface area contributed by atoms with Crippen molar-refractivity contribution in [2.45, 2.75) is 25.3 Å². The zero-order valence-corrected chi connectivity index (χ0v) is 11.8. The molecule has 1 aromatic heterocycles. The van der Waals surface area contributed by atoms with Crippen LogP contribution in [-0.4, -0.2) is 22.5 Å². The van der Waals surface area contributed by atoms with E-state index in [2.05, 4.69) is 10.3 Å². The number of nitrogens with one attached hydrogen (secondary N) is 1. The lowest BCUT2D eigenvalue weighted by Crippen LogP contribution is -2.20. The van der Waals surface area contributed by atoms with E-state index in [1.54, 1.807) is 6.92 Å². The molecule has 2 rings (SSSR count). The van der Waals surface area contributed by atoms with E-state index >= 15 is 0 Å². The topological polar surface area (TPSA) is 46.9 Å². The molecule has 0 radical (unpaired) electrons. The molecule has 1 unspecified atom stereocenters. The van der Waals surface area contributed by atoms with Crippen LogP contribution in [0.4, 0.5) is 8.78 Å². The summed E-state index contributed by atoms with van der Waals surface area (Å²) in [5.41, 5.74) is 0.361. The predicted molar refractivity (Wildman–Crippen MR) is 72.6 cm³/mol. The number of hydrogen-bond acceptors (Lipinski definition) is 2. The van der Waals surface area contributed by atoms with E-state index in [9.17, 15) is 13.6 Å². The van der Waals surface area contributed by atoms with Gasteiger partial charge in [0.1, 0.15) is 11.3 Å². The third-order valence-corrected chi connectivity index (χ3v) is 3.22. The summed E-state index contributed by atoms with van der Waals surface area (Å²) in [7, 11) is 1.51. The molecule has 20 heavy (non-hydrogen) atoms. The van der Waals surface area contributed by atoms with Crippen LogP contribution in [0.5, 0.6) is 0 Å². The zero-order valence-electron chi connectivity index (χ0n) is 11.1. The van der Waals surface area contributed by atoms with Crippen molar-refractivity contribution in [3.63, 3.8) is 0 Å². The van der Waals surface area contributed by atoms with Crippen molar-refractivity contribution in [2.24, 2.45) is 0 Å². The normalized spacial score (nSPS) is 12.7. The molecule has 0 aliphatic heterocycles. The van der Waals surface area contributed by atoms with Crippen LogP contribution in [-0.2, 0) is 11.3 Å². The van der Waals surface area contributed by atoms with Gasteiger partial charge >= 0.3 is 0 Å². The lowest BCUT2D eigenvalue weighted by atomic mass is 10.3. The molecule has 1 amide bonds. The van der Waals surface area contributed by atoms with Gasteiger partial charge in [-0.1, -0.05) is 0 Å². The van der Waals surface area contributed by atoms with Gasteiger partial charge in [-0.25, -0.2) is 13.8 Å². The van der Waals surface area contributed by atoms with E-state index in [4.69, 9.17) is 11.6 Å². The standard InChI is InChI=1S/C13H14ClF2N3O/c1-7(14)13-18-9-4-3-8(15)11(16)12(9)19(13)6-5-10(20)17-2/h3-4,7H,5-6H2,1-2H3,(H,17,20). The number of rotatable bonds is 4. The number of aryl methyl sites for hydroxylation is 1. The molecule has 0 saturated carbocycles. The third kappa shape index (κ3) is 2.60. The Hall–Kier alpha value is -1.69. The second kappa shape index (κ2) is 5.75. The largest absolute Gasteiger partial charge is 0.359 e. The molecule has 0 bridgehead atoms. The van der Waals surface area contributed by atoms with Gasteiger partial charge in [-0.2, -0.15) is 0 Å². The predicted octanol–water partition coefficient (Wildman–Crippen LogP) is 2.75. The van der Waals surface area contributed by atoms with Crippen LogP contribution in [0, 0.1) is 11.6 Å². The number of carbonyl (C=O) groups is 1. The fraction of sp³-hybridized carbons (Fsp3) is 0.385. The first-order chi connectivity index (χ1) is 9.45. The first kappa shape index (κ1) is 14.7. The van der Waals surface area contributed by atoms with Crippen molar-refractivity contribution in [3.8, 4) is 0 Å². The first-order valence-corrected chi connectivity index (χ1v) is 6.58. The highest BCUT2D eigenvalue weighted by Gasteiger charge is 2.20. The Morgan fingerprint density at radius 3 is 2.80 bits per heavy atom. The van der Waals surface area contributed by atoms with Crippen molar-refractivity contribution in [3.05, 3.63) is 29.6 Å². The number of amides is 1. The van der Waals surface area contributed by atoms with E-state index in [0.717, 1.165) is 6.07 Å². The maximum absolute atomic E-state index is 14.0. The molecule has 7 heteroatoms. The van der Waals surface area contributed by atoms with Gasteiger partial charge in [-0.05, 0) is 19.1 Å². The van der Waals surface area contributed by atoms with Gasteiger partial charge in [0.15, 0.2) is 11.6 Å². The summed E-state index contributed by atoms with van der Waals surface area (Å²) in [4.78, 5) is 15.5. The van der Waals surface area contributed by atoms with Gasteiger partial charge < -0.3 is 9.88 Å². The quantitative estimate of drug-likeness (QED) is 0.883. The molecule has 0 fully saturated rings. The molecule has 4 nitrogen and oxygen atoms in total. The lowest BCUT2D eigenvalue weighted by molar-refractivity contribution is -0.120. The molecule has 1 heterocycles. The van der Waals surface area contributed by atoms with E-state index in [1.807, 2.05) is 0 Å². The maximum atomic E-state index is 14.0.